The Bertz CT molecular complexity index is 656. The molecule has 8 nitrogen and oxygen atoms in total. The van der Waals surface area contributed by atoms with Gasteiger partial charge in [0.15, 0.2) is 5.82 Å². The molecule has 0 radical (unpaired) electrons. The summed E-state index contributed by atoms with van der Waals surface area (Å²) in [5.41, 5.74) is 0. The summed E-state index contributed by atoms with van der Waals surface area (Å²) < 4.78 is 4.04. The third-order valence-electron chi connectivity index (χ3n) is 4.64. The van der Waals surface area contributed by atoms with E-state index in [0.29, 0.717) is 12.1 Å². The standard InChI is InChI=1S/C14H22N8/c1-10-15-11(2)21(17-10)8-13-4-3-7-20(13)9-14-16-18-19-22(14)12-5-6-12/h12-13H,3-9H2,1-2H3. The van der Waals surface area contributed by atoms with Crippen LogP contribution in [0.3, 0.4) is 0 Å². The molecule has 2 fully saturated rings. The molecular weight excluding hydrogens is 280 g/mol. The van der Waals surface area contributed by atoms with Crippen LogP contribution in [0.25, 0.3) is 0 Å². The van der Waals surface area contributed by atoms with Gasteiger partial charge >= 0.3 is 0 Å². The fraction of sp³-hybridized carbons (Fsp3) is 0.786. The van der Waals surface area contributed by atoms with Crippen LogP contribution in [-0.2, 0) is 13.1 Å². The highest BCUT2D eigenvalue weighted by molar-refractivity contribution is 4.94. The average Bonchev–Trinajstić information content (AvgIpc) is 2.92. The van der Waals surface area contributed by atoms with Crippen molar-refractivity contribution in [3.05, 3.63) is 17.5 Å². The van der Waals surface area contributed by atoms with E-state index in [1.807, 2.05) is 23.2 Å². The molecule has 2 aliphatic rings. The predicted octanol–water partition coefficient (Wildman–Crippen LogP) is 0.881. The molecule has 22 heavy (non-hydrogen) atoms. The summed E-state index contributed by atoms with van der Waals surface area (Å²) in [6.07, 6.45) is 4.84. The molecule has 1 unspecified atom stereocenters. The van der Waals surface area contributed by atoms with Crippen molar-refractivity contribution < 1.29 is 0 Å². The highest BCUT2D eigenvalue weighted by Crippen LogP contribution is 2.35. The van der Waals surface area contributed by atoms with E-state index < -0.39 is 0 Å². The van der Waals surface area contributed by atoms with E-state index in [1.165, 1.54) is 25.7 Å². The van der Waals surface area contributed by atoms with E-state index in [1.54, 1.807) is 0 Å². The number of rotatable bonds is 5. The Hall–Kier alpha value is -1.83. The van der Waals surface area contributed by atoms with Crippen LogP contribution in [0.5, 0.6) is 0 Å². The second kappa shape index (κ2) is 5.42. The van der Waals surface area contributed by atoms with Crippen molar-refractivity contribution in [1.82, 2.24) is 39.9 Å². The maximum absolute atomic E-state index is 4.49. The third kappa shape index (κ3) is 2.63. The van der Waals surface area contributed by atoms with Crippen molar-refractivity contribution in [3.8, 4) is 0 Å². The van der Waals surface area contributed by atoms with Gasteiger partial charge in [-0.15, -0.1) is 5.10 Å². The normalized spacial score (nSPS) is 22.5. The minimum absolute atomic E-state index is 0.490. The van der Waals surface area contributed by atoms with Crippen molar-refractivity contribution in [3.63, 3.8) is 0 Å². The second-order valence-electron chi connectivity index (χ2n) is 6.43. The van der Waals surface area contributed by atoms with Crippen LogP contribution in [0.15, 0.2) is 0 Å². The number of tetrazole rings is 1. The van der Waals surface area contributed by atoms with Gasteiger partial charge in [-0.05, 0) is 56.5 Å². The summed E-state index contributed by atoms with van der Waals surface area (Å²) >= 11 is 0. The highest BCUT2D eigenvalue weighted by Gasteiger charge is 2.31. The topological polar surface area (TPSA) is 77.5 Å². The van der Waals surface area contributed by atoms with Gasteiger partial charge in [0.2, 0.25) is 0 Å². The molecule has 0 amide bonds. The average molecular weight is 302 g/mol. The molecule has 8 heteroatoms. The number of nitrogens with zero attached hydrogens (tertiary/aromatic N) is 8. The van der Waals surface area contributed by atoms with E-state index in [2.05, 4.69) is 30.5 Å². The molecule has 0 spiro atoms. The van der Waals surface area contributed by atoms with Gasteiger partial charge in [-0.2, -0.15) is 5.10 Å². The monoisotopic (exact) mass is 302 g/mol. The zero-order valence-electron chi connectivity index (χ0n) is 13.2. The number of aromatic nitrogens is 7. The maximum Gasteiger partial charge on any atom is 0.165 e. The molecule has 1 saturated carbocycles. The van der Waals surface area contributed by atoms with E-state index in [9.17, 15) is 0 Å². The molecule has 0 bridgehead atoms. The quantitative estimate of drug-likeness (QED) is 0.816. The Balaban J connectivity index is 1.46. The number of likely N-dealkylation sites (tertiary alicyclic amines) is 1. The van der Waals surface area contributed by atoms with E-state index in [-0.39, 0.29) is 0 Å². The smallest absolute Gasteiger partial charge is 0.165 e. The Morgan fingerprint density at radius 1 is 1.18 bits per heavy atom. The van der Waals surface area contributed by atoms with Crippen LogP contribution in [0.1, 0.15) is 49.2 Å². The van der Waals surface area contributed by atoms with E-state index in [0.717, 1.165) is 37.1 Å². The molecule has 2 aromatic heterocycles. The van der Waals surface area contributed by atoms with Crippen LogP contribution in [0, 0.1) is 13.8 Å². The van der Waals surface area contributed by atoms with Crippen LogP contribution >= 0.6 is 0 Å². The number of aryl methyl sites for hydroxylation is 2. The minimum Gasteiger partial charge on any atom is -0.291 e. The molecule has 0 aromatic carbocycles. The first-order valence-corrected chi connectivity index (χ1v) is 8.09. The summed E-state index contributed by atoms with van der Waals surface area (Å²) in [5.74, 6) is 2.84. The summed E-state index contributed by atoms with van der Waals surface area (Å²) in [5, 5.41) is 16.7. The first-order chi connectivity index (χ1) is 10.7. The number of hydrogen-bond donors (Lipinski definition) is 0. The first kappa shape index (κ1) is 13.8. The highest BCUT2D eigenvalue weighted by atomic mass is 15.6. The van der Waals surface area contributed by atoms with Gasteiger partial charge in [0.1, 0.15) is 11.6 Å². The Kier molecular flexibility index (Phi) is 3.40. The fourth-order valence-corrected chi connectivity index (χ4v) is 3.34. The van der Waals surface area contributed by atoms with Crippen LogP contribution < -0.4 is 0 Å². The van der Waals surface area contributed by atoms with Gasteiger partial charge in [-0.1, -0.05) is 0 Å². The molecule has 4 rings (SSSR count). The minimum atomic E-state index is 0.490. The number of hydrogen-bond acceptors (Lipinski definition) is 6. The fourth-order valence-electron chi connectivity index (χ4n) is 3.34. The summed E-state index contributed by atoms with van der Waals surface area (Å²) in [4.78, 5) is 6.88. The maximum atomic E-state index is 4.49. The van der Waals surface area contributed by atoms with Gasteiger partial charge < -0.3 is 0 Å². The molecule has 2 aromatic rings. The van der Waals surface area contributed by atoms with Gasteiger partial charge in [0.25, 0.3) is 0 Å². The lowest BCUT2D eigenvalue weighted by Gasteiger charge is -2.24. The lowest BCUT2D eigenvalue weighted by molar-refractivity contribution is 0.209. The van der Waals surface area contributed by atoms with Crippen LogP contribution in [-0.4, -0.2) is 52.5 Å². The molecule has 118 valence electrons. The van der Waals surface area contributed by atoms with Crippen LogP contribution in [0.2, 0.25) is 0 Å². The third-order valence-corrected chi connectivity index (χ3v) is 4.64. The molecule has 1 aliphatic heterocycles. The molecule has 1 saturated heterocycles. The SMILES string of the molecule is Cc1nc(C)n(CC2CCCN2Cc2nnnn2C2CC2)n1. The van der Waals surface area contributed by atoms with Crippen LogP contribution in [0.4, 0.5) is 0 Å². The predicted molar refractivity (Wildman–Crippen MR) is 79.0 cm³/mol. The van der Waals surface area contributed by atoms with E-state index in [4.69, 9.17) is 0 Å². The molecular formula is C14H22N8. The Morgan fingerprint density at radius 3 is 2.77 bits per heavy atom. The van der Waals surface area contributed by atoms with Crippen molar-refractivity contribution in [1.29, 1.82) is 0 Å². The van der Waals surface area contributed by atoms with Gasteiger partial charge in [-0.25, -0.2) is 14.3 Å². The van der Waals surface area contributed by atoms with E-state index >= 15 is 0 Å². The zero-order valence-corrected chi connectivity index (χ0v) is 13.2. The molecule has 1 atom stereocenters. The van der Waals surface area contributed by atoms with Gasteiger partial charge in [-0.3, -0.25) is 4.90 Å². The Labute approximate surface area is 129 Å². The van der Waals surface area contributed by atoms with Crippen molar-refractivity contribution in [2.24, 2.45) is 0 Å². The molecule has 1 aliphatic carbocycles. The Morgan fingerprint density at radius 2 is 2.05 bits per heavy atom. The lowest BCUT2D eigenvalue weighted by Crippen LogP contribution is -2.34. The van der Waals surface area contributed by atoms with Crippen molar-refractivity contribution in [2.45, 2.75) is 64.7 Å². The molecule has 0 N–H and O–H groups in total. The summed E-state index contributed by atoms with van der Waals surface area (Å²) in [6.45, 7) is 6.81. The summed E-state index contributed by atoms with van der Waals surface area (Å²) in [7, 11) is 0. The van der Waals surface area contributed by atoms with Crippen molar-refractivity contribution in [2.75, 3.05) is 6.54 Å². The second-order valence-corrected chi connectivity index (χ2v) is 6.43. The molecule has 3 heterocycles. The van der Waals surface area contributed by atoms with Crippen molar-refractivity contribution >= 4 is 0 Å². The zero-order chi connectivity index (χ0) is 15.1. The largest absolute Gasteiger partial charge is 0.291 e. The van der Waals surface area contributed by atoms with Gasteiger partial charge in [0, 0.05) is 6.04 Å². The lowest BCUT2D eigenvalue weighted by atomic mass is 10.2. The summed E-state index contributed by atoms with van der Waals surface area (Å²) in [6, 6.07) is 1.02. The van der Waals surface area contributed by atoms with Gasteiger partial charge in [0.05, 0.1) is 19.1 Å². The first-order valence-electron chi connectivity index (χ1n) is 8.09.